The van der Waals surface area contributed by atoms with Gasteiger partial charge in [0.15, 0.2) is 0 Å². The minimum absolute atomic E-state index is 0.164. The number of rotatable bonds is 4. The highest BCUT2D eigenvalue weighted by Gasteiger charge is 2.38. The van der Waals surface area contributed by atoms with Gasteiger partial charge in [0.25, 0.3) is 0 Å². The van der Waals surface area contributed by atoms with Crippen LogP contribution in [-0.4, -0.2) is 26.4 Å². The molecule has 0 aliphatic heterocycles. The molecule has 23 heavy (non-hydrogen) atoms. The van der Waals surface area contributed by atoms with Gasteiger partial charge in [-0.3, -0.25) is 0 Å². The van der Waals surface area contributed by atoms with Crippen molar-refractivity contribution in [1.29, 1.82) is 0 Å². The van der Waals surface area contributed by atoms with Crippen molar-refractivity contribution in [3.05, 3.63) is 30.2 Å². The first-order chi connectivity index (χ1) is 10.6. The molecule has 0 bridgehead atoms. The molecule has 1 heterocycles. The van der Waals surface area contributed by atoms with E-state index >= 15 is 0 Å². The van der Waals surface area contributed by atoms with Gasteiger partial charge in [-0.25, -0.2) is 4.21 Å². The van der Waals surface area contributed by atoms with E-state index in [0.29, 0.717) is 17.0 Å². The first-order valence-corrected chi connectivity index (χ1v) is 8.87. The van der Waals surface area contributed by atoms with Gasteiger partial charge in [-0.1, -0.05) is 19.0 Å². The molecule has 0 amide bonds. The summed E-state index contributed by atoms with van der Waals surface area (Å²) in [5.74, 6) is -0.845. The van der Waals surface area contributed by atoms with Crippen LogP contribution in [0.2, 0.25) is 0 Å². The lowest BCUT2D eigenvalue weighted by Crippen LogP contribution is -2.08. The van der Waals surface area contributed by atoms with E-state index in [0.717, 1.165) is 0 Å². The Labute approximate surface area is 132 Å². The van der Waals surface area contributed by atoms with Crippen LogP contribution < -0.4 is 0 Å². The quantitative estimate of drug-likeness (QED) is 0.833. The molecular formula is C14H16F3N3O2S. The van der Waals surface area contributed by atoms with Crippen molar-refractivity contribution >= 4 is 15.4 Å². The predicted molar refractivity (Wildman–Crippen MR) is 80.6 cm³/mol. The van der Waals surface area contributed by atoms with E-state index < -0.39 is 21.8 Å². The van der Waals surface area contributed by atoms with Crippen molar-refractivity contribution in [2.24, 2.45) is 10.3 Å². The topological polar surface area (TPSA) is 68.3 Å². The zero-order chi connectivity index (χ0) is 17.3. The van der Waals surface area contributed by atoms with Crippen LogP contribution in [-0.2, 0) is 15.9 Å². The van der Waals surface area contributed by atoms with Crippen molar-refractivity contribution in [2.45, 2.75) is 20.0 Å². The Morgan fingerprint density at radius 3 is 2.35 bits per heavy atom. The first kappa shape index (κ1) is 17.5. The van der Waals surface area contributed by atoms with Gasteiger partial charge in [-0.15, -0.1) is 0 Å². The standard InChI is InChI=1S/C14H16F3N3O2S/c1-9(2)8-23(3,21)20-11-6-4-10(5-7-11)12-18-13(22-19-12)14(15,16)17/h4-7,9H,8H2,1-3H3. The van der Waals surface area contributed by atoms with Crippen molar-refractivity contribution in [3.63, 3.8) is 0 Å². The molecule has 2 aromatic rings. The predicted octanol–water partition coefficient (Wildman–Crippen LogP) is 4.14. The molecule has 0 N–H and O–H groups in total. The molecule has 0 spiro atoms. The minimum atomic E-state index is -4.68. The monoisotopic (exact) mass is 347 g/mol. The summed E-state index contributed by atoms with van der Waals surface area (Å²) in [6, 6.07) is 6.13. The molecule has 1 atom stereocenters. The summed E-state index contributed by atoms with van der Waals surface area (Å²) >= 11 is 0. The average Bonchev–Trinajstić information content (AvgIpc) is 2.86. The highest BCUT2D eigenvalue weighted by molar-refractivity contribution is 7.93. The second-order valence-corrected chi connectivity index (χ2v) is 8.01. The maximum Gasteiger partial charge on any atom is 0.471 e. The smallest absolute Gasteiger partial charge is 0.329 e. The number of aromatic nitrogens is 2. The van der Waals surface area contributed by atoms with E-state index in [9.17, 15) is 17.4 Å². The number of benzene rings is 1. The second kappa shape index (κ2) is 6.31. The fourth-order valence-electron chi connectivity index (χ4n) is 2.01. The number of nitrogens with zero attached hydrogens (tertiary/aromatic N) is 3. The van der Waals surface area contributed by atoms with E-state index in [2.05, 4.69) is 19.0 Å². The van der Waals surface area contributed by atoms with E-state index in [1.807, 2.05) is 13.8 Å². The third kappa shape index (κ3) is 4.78. The van der Waals surface area contributed by atoms with Gasteiger partial charge in [0.05, 0.1) is 5.69 Å². The lowest BCUT2D eigenvalue weighted by molar-refractivity contribution is -0.159. The Balaban J connectivity index is 2.25. The van der Waals surface area contributed by atoms with E-state index in [1.165, 1.54) is 12.1 Å². The van der Waals surface area contributed by atoms with Crippen LogP contribution in [0.15, 0.2) is 33.2 Å². The highest BCUT2D eigenvalue weighted by atomic mass is 32.2. The summed E-state index contributed by atoms with van der Waals surface area (Å²) in [6.07, 6.45) is -3.10. The number of halogens is 3. The molecule has 0 saturated carbocycles. The third-order valence-electron chi connectivity index (χ3n) is 2.74. The molecule has 0 aliphatic carbocycles. The summed E-state index contributed by atoms with van der Waals surface area (Å²) < 4.78 is 58.0. The molecule has 5 nitrogen and oxygen atoms in total. The maximum absolute atomic E-state index is 12.4. The third-order valence-corrected chi connectivity index (χ3v) is 4.62. The number of hydrogen-bond acceptors (Lipinski definition) is 5. The molecule has 1 aromatic carbocycles. The van der Waals surface area contributed by atoms with Crippen molar-refractivity contribution in [3.8, 4) is 11.4 Å². The van der Waals surface area contributed by atoms with Crippen LogP contribution in [0.5, 0.6) is 0 Å². The summed E-state index contributed by atoms with van der Waals surface area (Å²) in [5, 5.41) is 3.30. The SMILES string of the molecule is CC(C)CS(C)(=O)=Nc1ccc(-c2noc(C(F)(F)F)n2)cc1. The van der Waals surface area contributed by atoms with Crippen molar-refractivity contribution in [2.75, 3.05) is 12.0 Å². The zero-order valence-electron chi connectivity index (χ0n) is 12.8. The maximum atomic E-state index is 12.4. The van der Waals surface area contributed by atoms with Gasteiger partial charge in [0.1, 0.15) is 0 Å². The largest absolute Gasteiger partial charge is 0.471 e. The van der Waals surface area contributed by atoms with Gasteiger partial charge in [0.2, 0.25) is 5.82 Å². The number of hydrogen-bond donors (Lipinski definition) is 0. The van der Waals surface area contributed by atoms with Crippen molar-refractivity contribution in [1.82, 2.24) is 10.1 Å². The molecule has 126 valence electrons. The van der Waals surface area contributed by atoms with Gasteiger partial charge in [-0.05, 0) is 30.2 Å². The summed E-state index contributed by atoms with van der Waals surface area (Å²) in [7, 11) is -2.35. The average molecular weight is 347 g/mol. The molecule has 0 radical (unpaired) electrons. The fourth-order valence-corrected chi connectivity index (χ4v) is 3.89. The van der Waals surface area contributed by atoms with Crippen LogP contribution in [0.1, 0.15) is 19.7 Å². The summed E-state index contributed by atoms with van der Waals surface area (Å²) in [6.45, 7) is 3.91. The lowest BCUT2D eigenvalue weighted by atomic mass is 10.2. The molecule has 9 heteroatoms. The van der Waals surface area contributed by atoms with Gasteiger partial charge < -0.3 is 4.52 Å². The molecule has 0 aliphatic rings. The van der Waals surface area contributed by atoms with E-state index in [1.54, 1.807) is 18.4 Å². The summed E-state index contributed by atoms with van der Waals surface area (Å²) in [4.78, 5) is 3.31. The summed E-state index contributed by atoms with van der Waals surface area (Å²) in [5.41, 5.74) is 0.844. The molecule has 0 saturated heterocycles. The Morgan fingerprint density at radius 2 is 1.87 bits per heavy atom. The normalized spacial score (nSPS) is 14.7. The van der Waals surface area contributed by atoms with Gasteiger partial charge in [0, 0.05) is 27.3 Å². The molecular weight excluding hydrogens is 331 g/mol. The van der Waals surface area contributed by atoms with E-state index in [-0.39, 0.29) is 11.7 Å². The van der Waals surface area contributed by atoms with Gasteiger partial charge in [-0.2, -0.15) is 22.5 Å². The number of alkyl halides is 3. The van der Waals surface area contributed by atoms with Crippen LogP contribution in [0.3, 0.4) is 0 Å². The Kier molecular flexibility index (Phi) is 4.79. The van der Waals surface area contributed by atoms with Gasteiger partial charge >= 0.3 is 12.1 Å². The molecule has 2 rings (SSSR count). The van der Waals surface area contributed by atoms with Crippen LogP contribution in [0.25, 0.3) is 11.4 Å². The Bertz CT molecular complexity index is 788. The zero-order valence-corrected chi connectivity index (χ0v) is 13.6. The highest BCUT2D eigenvalue weighted by Crippen LogP contribution is 2.29. The van der Waals surface area contributed by atoms with Crippen LogP contribution in [0.4, 0.5) is 18.9 Å². The second-order valence-electron chi connectivity index (χ2n) is 5.58. The van der Waals surface area contributed by atoms with Crippen molar-refractivity contribution < 1.29 is 21.9 Å². The van der Waals surface area contributed by atoms with E-state index in [4.69, 9.17) is 0 Å². The Morgan fingerprint density at radius 1 is 1.26 bits per heavy atom. The Hall–Kier alpha value is -1.90. The van der Waals surface area contributed by atoms with Crippen LogP contribution in [0, 0.1) is 5.92 Å². The molecule has 0 fully saturated rings. The van der Waals surface area contributed by atoms with Crippen LogP contribution >= 0.6 is 0 Å². The molecule has 1 aromatic heterocycles. The first-order valence-electron chi connectivity index (χ1n) is 6.78. The molecule has 1 unspecified atom stereocenters. The minimum Gasteiger partial charge on any atom is -0.329 e. The fraction of sp³-hybridized carbons (Fsp3) is 0.429. The lowest BCUT2D eigenvalue weighted by Gasteiger charge is -2.07.